The van der Waals surface area contributed by atoms with Crippen LogP contribution in [0.3, 0.4) is 0 Å². The highest BCUT2D eigenvalue weighted by molar-refractivity contribution is 5.79. The van der Waals surface area contributed by atoms with Crippen LogP contribution in [0, 0.1) is 0 Å². The molecule has 0 fully saturated rings. The number of para-hydroxylation sites is 4. The summed E-state index contributed by atoms with van der Waals surface area (Å²) >= 11 is 0. The Kier molecular flexibility index (Phi) is 5.41. The maximum Gasteiger partial charge on any atom is 0.326 e. The molecule has 0 amide bonds. The molecule has 6 nitrogen and oxygen atoms in total. The van der Waals surface area contributed by atoms with Gasteiger partial charge in [-0.3, -0.25) is 4.79 Å². The summed E-state index contributed by atoms with van der Waals surface area (Å²) in [7, 11) is 1.60. The zero-order valence-electron chi connectivity index (χ0n) is 15.1. The average molecular weight is 354 g/mol. The van der Waals surface area contributed by atoms with Gasteiger partial charge < -0.3 is 18.8 Å². The van der Waals surface area contributed by atoms with Crippen molar-refractivity contribution in [1.29, 1.82) is 0 Å². The summed E-state index contributed by atoms with van der Waals surface area (Å²) in [6, 6.07) is 15.1. The van der Waals surface area contributed by atoms with Gasteiger partial charge in [-0.25, -0.2) is 4.98 Å². The van der Waals surface area contributed by atoms with E-state index in [1.807, 2.05) is 66.9 Å². The Bertz CT molecular complexity index is 902. The molecule has 0 radical (unpaired) electrons. The molecule has 1 aromatic heterocycles. The summed E-state index contributed by atoms with van der Waals surface area (Å²) in [5, 5.41) is 0. The SMILES string of the molecule is COc1ccccc1OCc1nc2ccccc2n1CC(=O)OC(C)C. The first-order valence-electron chi connectivity index (χ1n) is 8.48. The number of benzene rings is 2. The van der Waals surface area contributed by atoms with Crippen LogP contribution in [-0.4, -0.2) is 28.7 Å². The molecule has 26 heavy (non-hydrogen) atoms. The molecule has 6 heteroatoms. The number of carbonyl (C=O) groups excluding carboxylic acids is 1. The van der Waals surface area contributed by atoms with Crippen molar-refractivity contribution in [3.05, 3.63) is 54.4 Å². The number of nitrogens with zero attached hydrogens (tertiary/aromatic N) is 2. The molecule has 0 atom stereocenters. The predicted octanol–water partition coefficient (Wildman–Crippen LogP) is 3.58. The third-order valence-electron chi connectivity index (χ3n) is 3.81. The second kappa shape index (κ2) is 7.91. The number of imidazole rings is 1. The molecule has 0 bridgehead atoms. The van der Waals surface area contributed by atoms with E-state index in [1.165, 1.54) is 0 Å². The Morgan fingerprint density at radius 1 is 1.08 bits per heavy atom. The van der Waals surface area contributed by atoms with Crippen LogP contribution in [0.1, 0.15) is 19.7 Å². The molecule has 3 aromatic rings. The Morgan fingerprint density at radius 3 is 2.50 bits per heavy atom. The molecule has 1 heterocycles. The van der Waals surface area contributed by atoms with Crippen molar-refractivity contribution in [3.8, 4) is 11.5 Å². The van der Waals surface area contributed by atoms with Crippen molar-refractivity contribution >= 4 is 17.0 Å². The van der Waals surface area contributed by atoms with E-state index in [4.69, 9.17) is 14.2 Å². The van der Waals surface area contributed by atoms with Gasteiger partial charge in [0.15, 0.2) is 11.5 Å². The number of hydrogen-bond acceptors (Lipinski definition) is 5. The van der Waals surface area contributed by atoms with Gasteiger partial charge in [0.25, 0.3) is 0 Å². The lowest BCUT2D eigenvalue weighted by Gasteiger charge is -2.13. The fourth-order valence-electron chi connectivity index (χ4n) is 2.72. The van der Waals surface area contributed by atoms with Crippen molar-refractivity contribution in [2.75, 3.05) is 7.11 Å². The Hall–Kier alpha value is -3.02. The number of methoxy groups -OCH3 is 1. The quantitative estimate of drug-likeness (QED) is 0.607. The third kappa shape index (κ3) is 3.96. The minimum Gasteiger partial charge on any atom is -0.493 e. The van der Waals surface area contributed by atoms with Crippen molar-refractivity contribution < 1.29 is 19.0 Å². The topological polar surface area (TPSA) is 62.6 Å². The fraction of sp³-hybridized carbons (Fsp3) is 0.300. The minimum absolute atomic E-state index is 0.0866. The molecule has 0 aliphatic carbocycles. The van der Waals surface area contributed by atoms with Crippen molar-refractivity contribution in [2.24, 2.45) is 0 Å². The number of rotatable bonds is 7. The number of esters is 1. The molecule has 0 aliphatic rings. The van der Waals surface area contributed by atoms with Crippen molar-refractivity contribution in [2.45, 2.75) is 33.1 Å². The standard InChI is InChI=1S/C20H22N2O4/c1-14(2)26-20(23)12-22-16-9-5-4-8-15(16)21-19(22)13-25-18-11-7-6-10-17(18)24-3/h4-11,14H,12-13H2,1-3H3. The zero-order valence-corrected chi connectivity index (χ0v) is 15.1. The normalized spacial score (nSPS) is 10.9. The maximum atomic E-state index is 12.2. The summed E-state index contributed by atoms with van der Waals surface area (Å²) in [5.41, 5.74) is 1.68. The molecule has 3 rings (SSSR count). The molecule has 0 aliphatic heterocycles. The van der Waals surface area contributed by atoms with Crippen LogP contribution in [0.25, 0.3) is 11.0 Å². The van der Waals surface area contributed by atoms with Gasteiger partial charge in [-0.15, -0.1) is 0 Å². The first-order valence-corrected chi connectivity index (χ1v) is 8.48. The number of hydrogen-bond donors (Lipinski definition) is 0. The monoisotopic (exact) mass is 354 g/mol. The molecule has 0 N–H and O–H groups in total. The van der Waals surface area contributed by atoms with Gasteiger partial charge in [0.2, 0.25) is 0 Å². The van der Waals surface area contributed by atoms with E-state index in [9.17, 15) is 4.79 Å². The number of ether oxygens (including phenoxy) is 3. The lowest BCUT2D eigenvalue weighted by Crippen LogP contribution is -2.19. The van der Waals surface area contributed by atoms with Crippen LogP contribution in [0.15, 0.2) is 48.5 Å². The lowest BCUT2D eigenvalue weighted by atomic mass is 10.3. The average Bonchev–Trinajstić information content (AvgIpc) is 2.97. The van der Waals surface area contributed by atoms with Gasteiger partial charge in [-0.05, 0) is 38.1 Å². The van der Waals surface area contributed by atoms with E-state index in [-0.39, 0.29) is 25.2 Å². The summed E-state index contributed by atoms with van der Waals surface area (Å²) in [6.45, 7) is 3.96. The van der Waals surface area contributed by atoms with Crippen LogP contribution < -0.4 is 9.47 Å². The van der Waals surface area contributed by atoms with Crippen LogP contribution in [0.2, 0.25) is 0 Å². The summed E-state index contributed by atoms with van der Waals surface area (Å²) < 4.78 is 18.3. The van der Waals surface area contributed by atoms with E-state index in [2.05, 4.69) is 4.98 Å². The Morgan fingerprint density at radius 2 is 1.77 bits per heavy atom. The number of aromatic nitrogens is 2. The maximum absolute atomic E-state index is 12.2. The summed E-state index contributed by atoms with van der Waals surface area (Å²) in [6.07, 6.45) is -0.162. The second-order valence-electron chi connectivity index (χ2n) is 6.08. The Balaban J connectivity index is 1.87. The Labute approximate surface area is 152 Å². The fourth-order valence-corrected chi connectivity index (χ4v) is 2.72. The van der Waals surface area contributed by atoms with Crippen LogP contribution in [0.4, 0.5) is 0 Å². The molecule has 0 saturated carbocycles. The van der Waals surface area contributed by atoms with E-state index < -0.39 is 0 Å². The van der Waals surface area contributed by atoms with Gasteiger partial charge in [0.05, 0.1) is 24.2 Å². The highest BCUT2D eigenvalue weighted by Crippen LogP contribution is 2.27. The number of fused-ring (bicyclic) bond motifs is 1. The van der Waals surface area contributed by atoms with Gasteiger partial charge in [-0.1, -0.05) is 24.3 Å². The highest BCUT2D eigenvalue weighted by Gasteiger charge is 2.16. The number of carbonyl (C=O) groups is 1. The smallest absolute Gasteiger partial charge is 0.326 e. The first kappa shape index (κ1) is 17.8. The summed E-state index contributed by atoms with van der Waals surface area (Å²) in [4.78, 5) is 16.8. The molecule has 0 saturated heterocycles. The van der Waals surface area contributed by atoms with E-state index in [0.717, 1.165) is 11.0 Å². The molecular weight excluding hydrogens is 332 g/mol. The molecule has 2 aromatic carbocycles. The van der Waals surface area contributed by atoms with E-state index in [1.54, 1.807) is 7.11 Å². The first-order chi connectivity index (χ1) is 12.6. The predicted molar refractivity (Wildman–Crippen MR) is 98.3 cm³/mol. The zero-order chi connectivity index (χ0) is 18.5. The molecule has 136 valence electrons. The van der Waals surface area contributed by atoms with Crippen LogP contribution >= 0.6 is 0 Å². The minimum atomic E-state index is -0.304. The van der Waals surface area contributed by atoms with Crippen LogP contribution in [-0.2, 0) is 22.7 Å². The van der Waals surface area contributed by atoms with Gasteiger partial charge in [0.1, 0.15) is 19.0 Å². The van der Waals surface area contributed by atoms with Crippen LogP contribution in [0.5, 0.6) is 11.5 Å². The summed E-state index contributed by atoms with van der Waals surface area (Å²) in [5.74, 6) is 1.62. The highest BCUT2D eigenvalue weighted by atomic mass is 16.5. The second-order valence-corrected chi connectivity index (χ2v) is 6.08. The lowest BCUT2D eigenvalue weighted by molar-refractivity contribution is -0.148. The van der Waals surface area contributed by atoms with Gasteiger partial charge >= 0.3 is 5.97 Å². The largest absolute Gasteiger partial charge is 0.493 e. The molecular formula is C20H22N2O4. The van der Waals surface area contributed by atoms with Gasteiger partial charge in [0, 0.05) is 0 Å². The van der Waals surface area contributed by atoms with E-state index in [0.29, 0.717) is 17.3 Å². The van der Waals surface area contributed by atoms with E-state index >= 15 is 0 Å². The van der Waals surface area contributed by atoms with Crippen molar-refractivity contribution in [1.82, 2.24) is 9.55 Å². The van der Waals surface area contributed by atoms with Crippen molar-refractivity contribution in [3.63, 3.8) is 0 Å². The van der Waals surface area contributed by atoms with Gasteiger partial charge in [-0.2, -0.15) is 0 Å². The third-order valence-corrected chi connectivity index (χ3v) is 3.81. The molecule has 0 unspecified atom stereocenters. The molecule has 0 spiro atoms.